The van der Waals surface area contributed by atoms with Gasteiger partial charge in [0.25, 0.3) is 0 Å². The summed E-state index contributed by atoms with van der Waals surface area (Å²) in [6.45, 7) is 4.33. The van der Waals surface area contributed by atoms with Gasteiger partial charge in [-0.15, -0.1) is 0 Å². The van der Waals surface area contributed by atoms with Crippen LogP contribution in [0.25, 0.3) is 11.0 Å². The van der Waals surface area contributed by atoms with E-state index < -0.39 is 5.97 Å². The van der Waals surface area contributed by atoms with Crippen LogP contribution >= 0.6 is 11.8 Å². The summed E-state index contributed by atoms with van der Waals surface area (Å²) in [6, 6.07) is 5.48. The molecule has 0 saturated carbocycles. The van der Waals surface area contributed by atoms with E-state index >= 15 is 0 Å². The minimum atomic E-state index is -0.913. The largest absolute Gasteiger partial charge is 0.478 e. The smallest absolute Gasteiger partial charge is 0.335 e. The third-order valence-electron chi connectivity index (χ3n) is 3.18. The number of fused-ring (bicyclic) bond motifs is 1. The van der Waals surface area contributed by atoms with Crippen molar-refractivity contribution in [1.82, 2.24) is 9.55 Å². The SMILES string of the molecule is CCSCCC(C)n1cnc2cc(C(=O)O)ccc21. The van der Waals surface area contributed by atoms with Crippen molar-refractivity contribution < 1.29 is 9.90 Å². The van der Waals surface area contributed by atoms with Crippen LogP contribution in [0.1, 0.15) is 36.7 Å². The van der Waals surface area contributed by atoms with Crippen LogP contribution in [0.15, 0.2) is 24.5 Å². The van der Waals surface area contributed by atoms with Gasteiger partial charge in [0.2, 0.25) is 0 Å². The molecule has 0 saturated heterocycles. The van der Waals surface area contributed by atoms with Crippen LogP contribution in [-0.4, -0.2) is 32.1 Å². The molecule has 102 valence electrons. The average molecular weight is 278 g/mol. The number of thioether (sulfide) groups is 1. The molecule has 1 aromatic carbocycles. The van der Waals surface area contributed by atoms with Crippen molar-refractivity contribution in [2.24, 2.45) is 0 Å². The molecular formula is C14H18N2O2S. The summed E-state index contributed by atoms with van der Waals surface area (Å²) in [5.74, 6) is 1.35. The molecule has 0 aliphatic rings. The standard InChI is InChI=1S/C14H18N2O2S/c1-3-19-7-6-10(2)16-9-15-12-8-11(14(17)18)4-5-13(12)16/h4-5,8-10H,3,6-7H2,1-2H3,(H,17,18). The molecule has 4 nitrogen and oxygen atoms in total. The lowest BCUT2D eigenvalue weighted by Gasteiger charge is -2.13. The molecule has 0 bridgehead atoms. The van der Waals surface area contributed by atoms with Crippen LogP contribution < -0.4 is 0 Å². The van der Waals surface area contributed by atoms with E-state index in [9.17, 15) is 4.79 Å². The molecule has 1 unspecified atom stereocenters. The number of carboxylic acids is 1. The summed E-state index contributed by atoms with van der Waals surface area (Å²) in [4.78, 5) is 15.2. The number of hydrogen-bond donors (Lipinski definition) is 1. The van der Waals surface area contributed by atoms with Crippen molar-refractivity contribution >= 4 is 28.8 Å². The second-order valence-corrected chi connectivity index (χ2v) is 5.89. The van der Waals surface area contributed by atoms with Gasteiger partial charge in [-0.05, 0) is 43.0 Å². The lowest BCUT2D eigenvalue weighted by atomic mass is 10.2. The van der Waals surface area contributed by atoms with E-state index in [1.165, 1.54) is 0 Å². The Morgan fingerprint density at radius 3 is 3.00 bits per heavy atom. The molecule has 2 aromatic rings. The first-order chi connectivity index (χ1) is 9.13. The van der Waals surface area contributed by atoms with Crippen LogP contribution in [0.4, 0.5) is 0 Å². The van der Waals surface area contributed by atoms with E-state index in [-0.39, 0.29) is 5.56 Å². The number of rotatable bonds is 6. The van der Waals surface area contributed by atoms with Crippen molar-refractivity contribution in [2.75, 3.05) is 11.5 Å². The summed E-state index contributed by atoms with van der Waals surface area (Å²) in [7, 11) is 0. The fraction of sp³-hybridized carbons (Fsp3) is 0.429. The lowest BCUT2D eigenvalue weighted by molar-refractivity contribution is 0.0697. The van der Waals surface area contributed by atoms with Crippen LogP contribution in [0, 0.1) is 0 Å². The molecule has 5 heteroatoms. The van der Waals surface area contributed by atoms with Gasteiger partial charge >= 0.3 is 5.97 Å². The number of carboxylic acid groups (broad SMARTS) is 1. The summed E-state index contributed by atoms with van der Waals surface area (Å²) in [5.41, 5.74) is 2.03. The Morgan fingerprint density at radius 2 is 2.32 bits per heavy atom. The third kappa shape index (κ3) is 3.10. The van der Waals surface area contributed by atoms with Crippen LogP contribution in [0.3, 0.4) is 0 Å². The molecule has 0 fully saturated rings. The van der Waals surface area contributed by atoms with E-state index in [4.69, 9.17) is 5.11 Å². The molecule has 0 amide bonds. The molecule has 2 rings (SSSR count). The molecule has 0 spiro atoms. The minimum Gasteiger partial charge on any atom is -0.478 e. The molecule has 19 heavy (non-hydrogen) atoms. The zero-order chi connectivity index (χ0) is 13.8. The van der Waals surface area contributed by atoms with Crippen molar-refractivity contribution in [3.05, 3.63) is 30.1 Å². The fourth-order valence-electron chi connectivity index (χ4n) is 2.05. The average Bonchev–Trinajstić information content (AvgIpc) is 2.81. The molecule has 1 heterocycles. The van der Waals surface area contributed by atoms with Crippen LogP contribution in [-0.2, 0) is 0 Å². The second-order valence-electron chi connectivity index (χ2n) is 4.50. The number of aromatic carboxylic acids is 1. The quantitative estimate of drug-likeness (QED) is 0.822. The van der Waals surface area contributed by atoms with Crippen molar-refractivity contribution in [3.8, 4) is 0 Å². The number of hydrogen-bond acceptors (Lipinski definition) is 3. The van der Waals surface area contributed by atoms with Gasteiger partial charge in [-0.2, -0.15) is 11.8 Å². The predicted molar refractivity (Wildman–Crippen MR) is 79.0 cm³/mol. The Morgan fingerprint density at radius 1 is 1.53 bits per heavy atom. The molecule has 0 aliphatic heterocycles. The van der Waals surface area contributed by atoms with Gasteiger partial charge in [-0.1, -0.05) is 6.92 Å². The number of carbonyl (C=O) groups is 1. The van der Waals surface area contributed by atoms with E-state index in [2.05, 4.69) is 23.4 Å². The highest BCUT2D eigenvalue weighted by Crippen LogP contribution is 2.22. The Hall–Kier alpha value is -1.49. The summed E-state index contributed by atoms with van der Waals surface area (Å²) in [6.07, 6.45) is 2.89. The lowest BCUT2D eigenvalue weighted by Crippen LogP contribution is -2.05. The number of imidazole rings is 1. The number of nitrogens with zero attached hydrogens (tertiary/aromatic N) is 2. The monoisotopic (exact) mass is 278 g/mol. The number of aromatic nitrogens is 2. The number of benzene rings is 1. The summed E-state index contributed by atoms with van der Waals surface area (Å²) in [5, 5.41) is 8.97. The zero-order valence-corrected chi connectivity index (χ0v) is 12.0. The third-order valence-corrected chi connectivity index (χ3v) is 4.11. The zero-order valence-electron chi connectivity index (χ0n) is 11.2. The van der Waals surface area contributed by atoms with Gasteiger partial charge in [-0.25, -0.2) is 9.78 Å². The topological polar surface area (TPSA) is 55.1 Å². The maximum atomic E-state index is 10.9. The van der Waals surface area contributed by atoms with E-state index in [0.717, 1.165) is 29.0 Å². The van der Waals surface area contributed by atoms with E-state index in [0.29, 0.717) is 6.04 Å². The molecular weight excluding hydrogens is 260 g/mol. The van der Waals surface area contributed by atoms with Crippen molar-refractivity contribution in [3.63, 3.8) is 0 Å². The maximum absolute atomic E-state index is 10.9. The maximum Gasteiger partial charge on any atom is 0.335 e. The normalized spacial score (nSPS) is 12.7. The van der Waals surface area contributed by atoms with Crippen molar-refractivity contribution in [1.29, 1.82) is 0 Å². The molecule has 0 radical (unpaired) electrons. The summed E-state index contributed by atoms with van der Waals surface area (Å²) < 4.78 is 2.12. The van der Waals surface area contributed by atoms with Crippen LogP contribution in [0.2, 0.25) is 0 Å². The molecule has 1 atom stereocenters. The molecule has 0 aliphatic carbocycles. The van der Waals surface area contributed by atoms with Gasteiger partial charge in [-0.3, -0.25) is 0 Å². The Kier molecular flexibility index (Phi) is 4.47. The van der Waals surface area contributed by atoms with Gasteiger partial charge in [0.15, 0.2) is 0 Å². The van der Waals surface area contributed by atoms with Crippen molar-refractivity contribution in [2.45, 2.75) is 26.3 Å². The first-order valence-electron chi connectivity index (χ1n) is 6.41. The van der Waals surface area contributed by atoms with Gasteiger partial charge < -0.3 is 9.67 Å². The first kappa shape index (κ1) is 13.9. The van der Waals surface area contributed by atoms with Crippen LogP contribution in [0.5, 0.6) is 0 Å². The predicted octanol–water partition coefficient (Wildman–Crippen LogP) is 3.44. The summed E-state index contributed by atoms with van der Waals surface area (Å²) >= 11 is 1.93. The van der Waals surface area contributed by atoms with Gasteiger partial charge in [0, 0.05) is 6.04 Å². The highest BCUT2D eigenvalue weighted by Gasteiger charge is 2.11. The van der Waals surface area contributed by atoms with Gasteiger partial charge in [0.1, 0.15) is 0 Å². The fourth-order valence-corrected chi connectivity index (χ4v) is 2.85. The highest BCUT2D eigenvalue weighted by atomic mass is 32.2. The first-order valence-corrected chi connectivity index (χ1v) is 7.56. The Balaban J connectivity index is 2.22. The van der Waals surface area contributed by atoms with E-state index in [1.54, 1.807) is 18.5 Å². The minimum absolute atomic E-state index is 0.284. The molecule has 1 aromatic heterocycles. The van der Waals surface area contributed by atoms with E-state index in [1.807, 2.05) is 17.8 Å². The van der Waals surface area contributed by atoms with Gasteiger partial charge in [0.05, 0.1) is 22.9 Å². The Labute approximate surface area is 116 Å². The molecule has 1 N–H and O–H groups in total. The highest BCUT2D eigenvalue weighted by molar-refractivity contribution is 7.99. The second kappa shape index (κ2) is 6.10. The Bertz CT molecular complexity index is 580.